The molecule has 1 atom stereocenters. The summed E-state index contributed by atoms with van der Waals surface area (Å²) in [4.78, 5) is 22.7. The maximum absolute atomic E-state index is 11.7. The quantitative estimate of drug-likeness (QED) is 0.722. The van der Waals surface area contributed by atoms with E-state index in [-0.39, 0.29) is 11.8 Å². The van der Waals surface area contributed by atoms with E-state index in [4.69, 9.17) is 5.11 Å². The van der Waals surface area contributed by atoms with Crippen LogP contribution in [0.3, 0.4) is 0 Å². The van der Waals surface area contributed by atoms with E-state index >= 15 is 0 Å². The molecular formula is C13H21NO3. The van der Waals surface area contributed by atoms with Crippen molar-refractivity contribution in [2.24, 2.45) is 5.92 Å². The number of carboxylic acid groups (broad SMARTS) is 1. The highest BCUT2D eigenvalue weighted by Gasteiger charge is 2.23. The normalized spacial score (nSPS) is 17.5. The molecule has 1 rings (SSSR count). The van der Waals surface area contributed by atoms with E-state index in [1.54, 1.807) is 13.8 Å². The van der Waals surface area contributed by atoms with Gasteiger partial charge in [-0.05, 0) is 31.6 Å². The number of hydrogen-bond donors (Lipinski definition) is 2. The van der Waals surface area contributed by atoms with Gasteiger partial charge in [0.05, 0.1) is 0 Å². The first-order valence-electron chi connectivity index (χ1n) is 6.20. The number of hydrogen-bond acceptors (Lipinski definition) is 2. The molecule has 96 valence electrons. The van der Waals surface area contributed by atoms with E-state index in [2.05, 4.69) is 11.4 Å². The lowest BCUT2D eigenvalue weighted by atomic mass is 9.96. The highest BCUT2D eigenvalue weighted by molar-refractivity contribution is 5.85. The maximum Gasteiger partial charge on any atom is 0.326 e. The Labute approximate surface area is 102 Å². The molecule has 4 heteroatoms. The average molecular weight is 239 g/mol. The lowest BCUT2D eigenvalue weighted by Gasteiger charge is -2.19. The molecule has 0 aromatic rings. The van der Waals surface area contributed by atoms with Crippen LogP contribution in [0.15, 0.2) is 11.6 Å². The largest absolute Gasteiger partial charge is 0.480 e. The van der Waals surface area contributed by atoms with E-state index < -0.39 is 12.0 Å². The van der Waals surface area contributed by atoms with Gasteiger partial charge in [0, 0.05) is 6.42 Å². The summed E-state index contributed by atoms with van der Waals surface area (Å²) in [5, 5.41) is 11.6. The van der Waals surface area contributed by atoms with Gasteiger partial charge in [0.15, 0.2) is 0 Å². The molecule has 0 radical (unpaired) electrons. The van der Waals surface area contributed by atoms with Crippen LogP contribution in [0, 0.1) is 5.92 Å². The van der Waals surface area contributed by atoms with Crippen LogP contribution in [-0.4, -0.2) is 23.0 Å². The molecule has 1 aliphatic rings. The second-order valence-electron chi connectivity index (χ2n) is 4.91. The fraction of sp³-hybridized carbons (Fsp3) is 0.692. The molecule has 0 spiro atoms. The Bertz CT molecular complexity index is 321. The highest BCUT2D eigenvalue weighted by Crippen LogP contribution is 2.20. The Morgan fingerprint density at radius 3 is 2.59 bits per heavy atom. The van der Waals surface area contributed by atoms with Crippen molar-refractivity contribution in [2.75, 3.05) is 0 Å². The monoisotopic (exact) mass is 239 g/mol. The minimum absolute atomic E-state index is 0.100. The molecule has 0 heterocycles. The van der Waals surface area contributed by atoms with Crippen LogP contribution in [0.25, 0.3) is 0 Å². The molecule has 0 saturated carbocycles. The molecule has 1 amide bonds. The predicted molar refractivity (Wildman–Crippen MR) is 65.6 cm³/mol. The maximum atomic E-state index is 11.7. The second-order valence-corrected chi connectivity index (χ2v) is 4.91. The summed E-state index contributed by atoms with van der Waals surface area (Å²) in [5.74, 6) is -1.25. The molecule has 0 bridgehead atoms. The van der Waals surface area contributed by atoms with Crippen LogP contribution in [-0.2, 0) is 9.59 Å². The van der Waals surface area contributed by atoms with Crippen molar-refractivity contribution in [3.63, 3.8) is 0 Å². The van der Waals surface area contributed by atoms with Gasteiger partial charge in [-0.2, -0.15) is 0 Å². The number of rotatable bonds is 5. The number of amides is 1. The second kappa shape index (κ2) is 6.42. The minimum Gasteiger partial charge on any atom is -0.480 e. The van der Waals surface area contributed by atoms with Crippen LogP contribution in [0.5, 0.6) is 0 Å². The van der Waals surface area contributed by atoms with E-state index in [1.165, 1.54) is 6.42 Å². The SMILES string of the molecule is CC(C)[C@H](NC(=O)CC1=CCCCC1)C(=O)O. The summed E-state index contributed by atoms with van der Waals surface area (Å²) in [6, 6.07) is -0.785. The van der Waals surface area contributed by atoms with E-state index in [1.807, 2.05) is 0 Å². The van der Waals surface area contributed by atoms with Gasteiger partial charge in [-0.1, -0.05) is 25.5 Å². The zero-order chi connectivity index (χ0) is 12.8. The fourth-order valence-electron chi connectivity index (χ4n) is 2.01. The summed E-state index contributed by atoms with van der Waals surface area (Å²) in [6.45, 7) is 3.58. The molecular weight excluding hydrogens is 218 g/mol. The Kier molecular flexibility index (Phi) is 5.19. The number of nitrogens with one attached hydrogen (secondary N) is 1. The Morgan fingerprint density at radius 2 is 2.12 bits per heavy atom. The van der Waals surface area contributed by atoms with Crippen molar-refractivity contribution in [2.45, 2.75) is 52.0 Å². The number of carboxylic acids is 1. The number of carbonyl (C=O) groups is 2. The number of carbonyl (C=O) groups excluding carboxylic acids is 1. The van der Waals surface area contributed by atoms with Gasteiger partial charge < -0.3 is 10.4 Å². The van der Waals surface area contributed by atoms with Crippen LogP contribution < -0.4 is 5.32 Å². The summed E-state index contributed by atoms with van der Waals surface area (Å²) in [7, 11) is 0. The summed E-state index contributed by atoms with van der Waals surface area (Å²) < 4.78 is 0. The third-order valence-corrected chi connectivity index (χ3v) is 3.02. The molecule has 17 heavy (non-hydrogen) atoms. The van der Waals surface area contributed by atoms with Crippen molar-refractivity contribution in [1.29, 1.82) is 0 Å². The molecule has 0 fully saturated rings. The molecule has 0 unspecified atom stereocenters. The first-order chi connectivity index (χ1) is 8.00. The van der Waals surface area contributed by atoms with Gasteiger partial charge in [-0.15, -0.1) is 0 Å². The number of aliphatic carboxylic acids is 1. The molecule has 2 N–H and O–H groups in total. The summed E-state index contributed by atoms with van der Waals surface area (Å²) >= 11 is 0. The van der Waals surface area contributed by atoms with Gasteiger partial charge in [-0.3, -0.25) is 4.79 Å². The van der Waals surface area contributed by atoms with Crippen LogP contribution in [0.4, 0.5) is 0 Å². The first kappa shape index (κ1) is 13.7. The zero-order valence-electron chi connectivity index (χ0n) is 10.5. The fourth-order valence-corrected chi connectivity index (χ4v) is 2.01. The van der Waals surface area contributed by atoms with E-state index in [0.717, 1.165) is 24.8 Å². The third-order valence-electron chi connectivity index (χ3n) is 3.02. The predicted octanol–water partition coefficient (Wildman–Crippen LogP) is 2.10. The summed E-state index contributed by atoms with van der Waals surface area (Å²) in [5.41, 5.74) is 1.14. The van der Waals surface area contributed by atoms with E-state index in [0.29, 0.717) is 6.42 Å². The highest BCUT2D eigenvalue weighted by atomic mass is 16.4. The zero-order valence-corrected chi connectivity index (χ0v) is 10.5. The molecule has 0 aromatic heterocycles. The molecule has 0 aliphatic heterocycles. The lowest BCUT2D eigenvalue weighted by molar-refractivity contribution is -0.143. The first-order valence-corrected chi connectivity index (χ1v) is 6.20. The number of allylic oxidation sites excluding steroid dienone is 1. The Balaban J connectivity index is 2.47. The van der Waals surface area contributed by atoms with Gasteiger partial charge in [-0.25, -0.2) is 4.79 Å². The van der Waals surface area contributed by atoms with Gasteiger partial charge in [0.2, 0.25) is 5.91 Å². The van der Waals surface area contributed by atoms with Gasteiger partial charge in [0.25, 0.3) is 0 Å². The molecule has 0 saturated heterocycles. The van der Waals surface area contributed by atoms with Gasteiger partial charge >= 0.3 is 5.97 Å². The molecule has 1 aliphatic carbocycles. The smallest absolute Gasteiger partial charge is 0.326 e. The topological polar surface area (TPSA) is 66.4 Å². The van der Waals surface area contributed by atoms with Crippen LogP contribution >= 0.6 is 0 Å². The Hall–Kier alpha value is -1.32. The lowest BCUT2D eigenvalue weighted by Crippen LogP contribution is -2.44. The van der Waals surface area contributed by atoms with Crippen LogP contribution in [0.1, 0.15) is 46.0 Å². The van der Waals surface area contributed by atoms with Crippen molar-refractivity contribution < 1.29 is 14.7 Å². The van der Waals surface area contributed by atoms with Crippen LogP contribution in [0.2, 0.25) is 0 Å². The van der Waals surface area contributed by atoms with Crippen molar-refractivity contribution in [3.8, 4) is 0 Å². The van der Waals surface area contributed by atoms with E-state index in [9.17, 15) is 9.59 Å². The van der Waals surface area contributed by atoms with Crippen molar-refractivity contribution in [1.82, 2.24) is 5.32 Å². The third kappa shape index (κ3) is 4.59. The molecule has 4 nitrogen and oxygen atoms in total. The standard InChI is InChI=1S/C13H21NO3/c1-9(2)12(13(16)17)14-11(15)8-10-6-4-3-5-7-10/h6,9,12H,3-5,7-8H2,1-2H3,(H,14,15)(H,16,17)/t12-/m0/s1. The van der Waals surface area contributed by atoms with Gasteiger partial charge in [0.1, 0.15) is 6.04 Å². The Morgan fingerprint density at radius 1 is 1.41 bits per heavy atom. The average Bonchev–Trinajstić information content (AvgIpc) is 2.26. The van der Waals surface area contributed by atoms with Crippen molar-refractivity contribution >= 4 is 11.9 Å². The molecule has 0 aromatic carbocycles. The van der Waals surface area contributed by atoms with Crippen molar-refractivity contribution in [3.05, 3.63) is 11.6 Å². The minimum atomic E-state index is -0.967. The summed E-state index contributed by atoms with van der Waals surface area (Å²) in [6.07, 6.45) is 6.77.